The molecule has 0 aliphatic carbocycles. The number of benzene rings is 2. The Kier molecular flexibility index (Phi) is 5.31. The van der Waals surface area contributed by atoms with Gasteiger partial charge in [-0.2, -0.15) is 0 Å². The van der Waals surface area contributed by atoms with Crippen LogP contribution in [0.2, 0.25) is 0 Å². The number of ether oxygens (including phenoxy) is 2. The Hall–Kier alpha value is -3.54. The number of H-pyrrole nitrogens is 1. The van der Waals surface area contributed by atoms with Crippen LogP contribution in [-0.4, -0.2) is 29.6 Å². The molecule has 4 rings (SSSR count). The summed E-state index contributed by atoms with van der Waals surface area (Å²) in [6.45, 7) is 4.62. The third-order valence-corrected chi connectivity index (χ3v) is 4.94. The minimum Gasteiger partial charge on any atom is -0.488 e. The normalized spacial score (nSPS) is 13.9. The smallest absolute Gasteiger partial charge is 0.261 e. The van der Waals surface area contributed by atoms with Gasteiger partial charge in [-0.05, 0) is 37.6 Å². The van der Waals surface area contributed by atoms with Gasteiger partial charge in [0, 0.05) is 17.7 Å². The number of rotatable bonds is 6. The molecule has 6 heteroatoms. The van der Waals surface area contributed by atoms with Crippen LogP contribution in [0.4, 0.5) is 0 Å². The van der Waals surface area contributed by atoms with E-state index in [1.165, 1.54) is 6.07 Å². The number of para-hydroxylation sites is 1. The molecule has 6 nitrogen and oxygen atoms in total. The van der Waals surface area contributed by atoms with Crippen molar-refractivity contribution >= 4 is 5.91 Å². The van der Waals surface area contributed by atoms with Crippen LogP contribution in [-0.2, 0) is 6.42 Å². The number of pyridine rings is 1. The third-order valence-electron chi connectivity index (χ3n) is 4.94. The van der Waals surface area contributed by atoms with Gasteiger partial charge in [0.2, 0.25) is 0 Å². The molecule has 0 radical (unpaired) electrons. The summed E-state index contributed by atoms with van der Waals surface area (Å²) in [6, 6.07) is 18.6. The van der Waals surface area contributed by atoms with Gasteiger partial charge in [0.1, 0.15) is 17.8 Å². The highest BCUT2D eigenvalue weighted by atomic mass is 16.5. The molecule has 0 saturated heterocycles. The van der Waals surface area contributed by atoms with E-state index in [1.54, 1.807) is 6.07 Å². The highest BCUT2D eigenvalue weighted by Crippen LogP contribution is 2.41. The van der Waals surface area contributed by atoms with E-state index in [9.17, 15) is 9.59 Å². The first-order valence-corrected chi connectivity index (χ1v) is 9.94. The molecule has 1 aliphatic rings. The van der Waals surface area contributed by atoms with E-state index in [2.05, 4.69) is 10.3 Å². The zero-order valence-electron chi connectivity index (χ0n) is 17.0. The molecule has 2 aromatic carbocycles. The molecule has 1 aliphatic heterocycles. The van der Waals surface area contributed by atoms with Crippen LogP contribution >= 0.6 is 0 Å². The Morgan fingerprint density at radius 2 is 1.90 bits per heavy atom. The van der Waals surface area contributed by atoms with Crippen LogP contribution in [0.1, 0.15) is 29.8 Å². The van der Waals surface area contributed by atoms with Crippen molar-refractivity contribution in [3.63, 3.8) is 0 Å². The molecule has 3 aromatic rings. The molecule has 0 spiro atoms. The number of hydrogen-bond acceptors (Lipinski definition) is 4. The first-order valence-electron chi connectivity index (χ1n) is 9.94. The van der Waals surface area contributed by atoms with Crippen LogP contribution < -0.4 is 20.3 Å². The van der Waals surface area contributed by atoms with Crippen molar-refractivity contribution in [1.29, 1.82) is 0 Å². The lowest BCUT2D eigenvalue weighted by Crippen LogP contribution is -2.32. The topological polar surface area (TPSA) is 80.4 Å². The van der Waals surface area contributed by atoms with Gasteiger partial charge in [0.25, 0.3) is 11.5 Å². The van der Waals surface area contributed by atoms with Crippen LogP contribution in [0, 0.1) is 0 Å². The van der Waals surface area contributed by atoms with E-state index in [4.69, 9.17) is 9.47 Å². The van der Waals surface area contributed by atoms with E-state index in [0.717, 1.165) is 23.3 Å². The summed E-state index contributed by atoms with van der Waals surface area (Å²) >= 11 is 0. The lowest BCUT2D eigenvalue weighted by Gasteiger charge is -2.18. The van der Waals surface area contributed by atoms with Crippen molar-refractivity contribution in [3.8, 4) is 22.8 Å². The number of fused-ring (bicyclic) bond motifs is 1. The van der Waals surface area contributed by atoms with Crippen molar-refractivity contribution < 1.29 is 14.3 Å². The number of carbonyl (C=O) groups is 1. The standard InChI is InChI=1S/C24H24N2O4/c1-24(2)15-17-9-6-10-20(21(17)30-24)29-14-13-25-22(27)18-11-12-19(26-23(18)28)16-7-4-3-5-8-16/h3-12H,13-15H2,1-2H3,(H,25,27)(H,26,28). The van der Waals surface area contributed by atoms with E-state index in [0.29, 0.717) is 11.4 Å². The Morgan fingerprint density at radius 3 is 2.67 bits per heavy atom. The number of aromatic nitrogens is 1. The number of hydrogen-bond donors (Lipinski definition) is 2. The van der Waals surface area contributed by atoms with Gasteiger partial charge in [-0.15, -0.1) is 0 Å². The van der Waals surface area contributed by atoms with Gasteiger partial charge in [0.15, 0.2) is 11.5 Å². The molecule has 0 bridgehead atoms. The largest absolute Gasteiger partial charge is 0.488 e. The highest BCUT2D eigenvalue weighted by Gasteiger charge is 2.32. The molecule has 2 heterocycles. The van der Waals surface area contributed by atoms with Crippen molar-refractivity contribution in [2.45, 2.75) is 25.9 Å². The molecule has 0 fully saturated rings. The predicted molar refractivity (Wildman–Crippen MR) is 115 cm³/mol. The molecule has 0 saturated carbocycles. The molecular weight excluding hydrogens is 380 g/mol. The SMILES string of the molecule is CC1(C)Cc2cccc(OCCNC(=O)c3ccc(-c4ccccc4)[nH]c3=O)c2O1. The van der Waals surface area contributed by atoms with Gasteiger partial charge in [-0.1, -0.05) is 42.5 Å². The van der Waals surface area contributed by atoms with Crippen molar-refractivity contribution in [3.05, 3.63) is 82.1 Å². The fraction of sp³-hybridized carbons (Fsp3) is 0.250. The van der Waals surface area contributed by atoms with E-state index in [-0.39, 0.29) is 24.3 Å². The zero-order chi connectivity index (χ0) is 21.1. The summed E-state index contributed by atoms with van der Waals surface area (Å²) in [4.78, 5) is 27.5. The van der Waals surface area contributed by atoms with Gasteiger partial charge >= 0.3 is 0 Å². The fourth-order valence-electron chi connectivity index (χ4n) is 3.56. The second-order valence-corrected chi connectivity index (χ2v) is 7.87. The van der Waals surface area contributed by atoms with Gasteiger partial charge in [-0.25, -0.2) is 0 Å². The summed E-state index contributed by atoms with van der Waals surface area (Å²) in [5.41, 5.74) is 2.07. The van der Waals surface area contributed by atoms with Crippen LogP contribution in [0.25, 0.3) is 11.3 Å². The number of nitrogens with one attached hydrogen (secondary N) is 2. The minimum absolute atomic E-state index is 0.0698. The lowest BCUT2D eigenvalue weighted by atomic mass is 10.0. The molecular formula is C24H24N2O4. The van der Waals surface area contributed by atoms with E-state index >= 15 is 0 Å². The first kappa shape index (κ1) is 19.8. The molecule has 30 heavy (non-hydrogen) atoms. The molecule has 1 amide bonds. The molecule has 0 atom stereocenters. The second kappa shape index (κ2) is 8.06. The average Bonchev–Trinajstić information content (AvgIpc) is 3.06. The minimum atomic E-state index is -0.435. The second-order valence-electron chi connectivity index (χ2n) is 7.87. The first-order chi connectivity index (χ1) is 14.4. The summed E-state index contributed by atoms with van der Waals surface area (Å²) < 4.78 is 11.8. The Morgan fingerprint density at radius 1 is 1.10 bits per heavy atom. The Labute approximate surface area is 174 Å². The monoisotopic (exact) mass is 404 g/mol. The molecule has 1 aromatic heterocycles. The lowest BCUT2D eigenvalue weighted by molar-refractivity contribution is 0.0944. The van der Waals surface area contributed by atoms with Gasteiger partial charge in [-0.3, -0.25) is 9.59 Å². The maximum atomic E-state index is 12.4. The molecule has 154 valence electrons. The van der Waals surface area contributed by atoms with E-state index in [1.807, 2.05) is 62.4 Å². The molecule has 2 N–H and O–H groups in total. The summed E-state index contributed by atoms with van der Waals surface area (Å²) in [5, 5.41) is 2.73. The predicted octanol–water partition coefficient (Wildman–Crippen LogP) is 3.56. The quantitative estimate of drug-likeness (QED) is 0.616. The van der Waals surface area contributed by atoms with Crippen LogP contribution in [0.15, 0.2) is 65.5 Å². The highest BCUT2D eigenvalue weighted by molar-refractivity contribution is 5.94. The fourth-order valence-corrected chi connectivity index (χ4v) is 3.56. The summed E-state index contributed by atoms with van der Waals surface area (Å²) in [7, 11) is 0. The Bertz CT molecular complexity index is 1120. The third kappa shape index (κ3) is 4.22. The maximum Gasteiger partial charge on any atom is 0.261 e. The maximum absolute atomic E-state index is 12.4. The number of aromatic amines is 1. The zero-order valence-corrected chi connectivity index (χ0v) is 17.0. The van der Waals surface area contributed by atoms with Crippen molar-refractivity contribution in [1.82, 2.24) is 10.3 Å². The Balaban J connectivity index is 1.34. The molecule has 0 unspecified atom stereocenters. The number of amides is 1. The van der Waals surface area contributed by atoms with Crippen LogP contribution in [0.3, 0.4) is 0 Å². The summed E-state index contributed by atoms with van der Waals surface area (Å²) in [5.74, 6) is 0.995. The van der Waals surface area contributed by atoms with Crippen molar-refractivity contribution in [2.75, 3.05) is 13.2 Å². The van der Waals surface area contributed by atoms with Crippen molar-refractivity contribution in [2.24, 2.45) is 0 Å². The van der Waals surface area contributed by atoms with Gasteiger partial charge < -0.3 is 19.8 Å². The average molecular weight is 404 g/mol. The summed E-state index contributed by atoms with van der Waals surface area (Å²) in [6.07, 6.45) is 0.831. The van der Waals surface area contributed by atoms with Crippen LogP contribution in [0.5, 0.6) is 11.5 Å². The van der Waals surface area contributed by atoms with Gasteiger partial charge in [0.05, 0.1) is 6.54 Å². The number of carbonyl (C=O) groups excluding carboxylic acids is 1. The van der Waals surface area contributed by atoms with E-state index < -0.39 is 11.5 Å².